The minimum Gasteiger partial charge on any atom is -0.493 e. The van der Waals surface area contributed by atoms with Crippen molar-refractivity contribution in [1.29, 1.82) is 0 Å². The largest absolute Gasteiger partial charge is 0.493 e. The highest BCUT2D eigenvalue weighted by Gasteiger charge is 2.33. The third-order valence-corrected chi connectivity index (χ3v) is 4.62. The molecule has 2 rings (SSSR count). The second-order valence-corrected chi connectivity index (χ2v) is 6.43. The molecule has 1 aliphatic rings. The molecule has 0 spiro atoms. The molecule has 0 amide bonds. The van der Waals surface area contributed by atoms with Gasteiger partial charge >= 0.3 is 0 Å². The Morgan fingerprint density at radius 1 is 1.38 bits per heavy atom. The molecule has 0 saturated heterocycles. The first-order chi connectivity index (χ1) is 10.2. The molecule has 0 radical (unpaired) electrons. The second kappa shape index (κ2) is 7.83. The monoisotopic (exact) mass is 293 g/mol. The number of aryl methyl sites for hydroxylation is 1. The van der Waals surface area contributed by atoms with E-state index in [1.165, 1.54) is 25.0 Å². The summed E-state index contributed by atoms with van der Waals surface area (Å²) in [4.78, 5) is 0. The fourth-order valence-electron chi connectivity index (χ4n) is 3.58. The van der Waals surface area contributed by atoms with Crippen LogP contribution in [-0.4, -0.2) is 23.4 Å². The highest BCUT2D eigenvalue weighted by molar-refractivity contribution is 5.29. The molecule has 4 heteroatoms. The number of rotatable bonds is 8. The molecular weight excluding hydrogens is 262 g/mol. The van der Waals surface area contributed by atoms with Crippen LogP contribution in [0.15, 0.2) is 6.20 Å². The lowest BCUT2D eigenvalue weighted by Gasteiger charge is -2.26. The van der Waals surface area contributed by atoms with Crippen molar-refractivity contribution < 1.29 is 4.74 Å². The van der Waals surface area contributed by atoms with Crippen molar-refractivity contribution in [3.8, 4) is 5.75 Å². The van der Waals surface area contributed by atoms with Crippen LogP contribution < -0.4 is 10.1 Å². The number of nitrogens with one attached hydrogen (secondary N) is 1. The average Bonchev–Trinajstić information content (AvgIpc) is 3.07. The van der Waals surface area contributed by atoms with Gasteiger partial charge in [-0.1, -0.05) is 27.2 Å². The van der Waals surface area contributed by atoms with Gasteiger partial charge in [0, 0.05) is 6.54 Å². The molecule has 1 aromatic heterocycles. The summed E-state index contributed by atoms with van der Waals surface area (Å²) in [6, 6.07) is 0.374. The molecule has 0 aliphatic heterocycles. The molecular formula is C17H31N3O. The van der Waals surface area contributed by atoms with E-state index in [9.17, 15) is 0 Å². The summed E-state index contributed by atoms with van der Waals surface area (Å²) < 4.78 is 7.74. The number of hydrogen-bond acceptors (Lipinski definition) is 3. The second-order valence-electron chi connectivity index (χ2n) is 6.43. The van der Waals surface area contributed by atoms with E-state index >= 15 is 0 Å². The van der Waals surface area contributed by atoms with Crippen LogP contribution in [0.3, 0.4) is 0 Å². The third-order valence-electron chi connectivity index (χ3n) is 4.62. The zero-order valence-electron chi connectivity index (χ0n) is 14.1. The van der Waals surface area contributed by atoms with Gasteiger partial charge in [-0.15, -0.1) is 0 Å². The summed E-state index contributed by atoms with van der Waals surface area (Å²) in [5, 5.41) is 8.31. The van der Waals surface area contributed by atoms with E-state index in [2.05, 4.69) is 35.9 Å². The molecule has 21 heavy (non-hydrogen) atoms. The molecule has 1 fully saturated rings. The number of ether oxygens (including phenoxy) is 1. The van der Waals surface area contributed by atoms with Gasteiger partial charge in [0.25, 0.3) is 0 Å². The predicted molar refractivity (Wildman–Crippen MR) is 86.6 cm³/mol. The van der Waals surface area contributed by atoms with Gasteiger partial charge in [0.2, 0.25) is 0 Å². The fraction of sp³-hybridized carbons (Fsp3) is 0.824. The van der Waals surface area contributed by atoms with Crippen molar-refractivity contribution >= 4 is 0 Å². The molecule has 120 valence electrons. The molecule has 1 heterocycles. The minimum atomic E-state index is 0.374. The summed E-state index contributed by atoms with van der Waals surface area (Å²) in [5.74, 6) is 2.49. The van der Waals surface area contributed by atoms with Crippen LogP contribution in [0.1, 0.15) is 64.6 Å². The maximum Gasteiger partial charge on any atom is 0.161 e. The van der Waals surface area contributed by atoms with Crippen LogP contribution in [0.5, 0.6) is 5.75 Å². The van der Waals surface area contributed by atoms with E-state index in [4.69, 9.17) is 4.74 Å². The quantitative estimate of drug-likeness (QED) is 0.793. The van der Waals surface area contributed by atoms with Crippen molar-refractivity contribution in [2.75, 3.05) is 13.7 Å². The minimum absolute atomic E-state index is 0.374. The van der Waals surface area contributed by atoms with E-state index in [1.54, 1.807) is 7.11 Å². The van der Waals surface area contributed by atoms with Crippen molar-refractivity contribution in [3.63, 3.8) is 0 Å². The van der Waals surface area contributed by atoms with Gasteiger partial charge in [-0.05, 0) is 44.1 Å². The van der Waals surface area contributed by atoms with Gasteiger partial charge in [-0.25, -0.2) is 0 Å². The van der Waals surface area contributed by atoms with Crippen LogP contribution in [0.4, 0.5) is 0 Å². The van der Waals surface area contributed by atoms with E-state index in [0.29, 0.717) is 12.0 Å². The van der Waals surface area contributed by atoms with Crippen molar-refractivity contribution in [2.24, 2.45) is 11.8 Å². The normalized spacial score (nSPS) is 23.4. The maximum absolute atomic E-state index is 5.60. The lowest BCUT2D eigenvalue weighted by Crippen LogP contribution is -2.30. The molecule has 1 aromatic rings. The Bertz CT molecular complexity index is 430. The van der Waals surface area contributed by atoms with Gasteiger partial charge in [0.15, 0.2) is 5.75 Å². The van der Waals surface area contributed by atoms with E-state index in [-0.39, 0.29) is 0 Å². The number of hydrogen-bond donors (Lipinski definition) is 1. The lowest BCUT2D eigenvalue weighted by molar-refractivity contribution is 0.320. The van der Waals surface area contributed by atoms with Crippen molar-refractivity contribution in [3.05, 3.63) is 11.9 Å². The Morgan fingerprint density at radius 2 is 2.19 bits per heavy atom. The first-order valence-electron chi connectivity index (χ1n) is 8.54. The Balaban J connectivity index is 2.28. The van der Waals surface area contributed by atoms with Gasteiger partial charge in [-0.3, -0.25) is 4.68 Å². The van der Waals surface area contributed by atoms with E-state index in [0.717, 1.165) is 37.6 Å². The van der Waals surface area contributed by atoms with Crippen LogP contribution in [0, 0.1) is 11.8 Å². The number of nitrogens with zero attached hydrogens (tertiary/aromatic N) is 2. The Labute approximate surface area is 129 Å². The smallest absolute Gasteiger partial charge is 0.161 e. The van der Waals surface area contributed by atoms with E-state index < -0.39 is 0 Å². The predicted octanol–water partition coefficient (Wildman–Crippen LogP) is 3.78. The van der Waals surface area contributed by atoms with Gasteiger partial charge < -0.3 is 10.1 Å². The summed E-state index contributed by atoms with van der Waals surface area (Å²) in [5.41, 5.74) is 1.26. The Morgan fingerprint density at radius 3 is 2.76 bits per heavy atom. The third kappa shape index (κ3) is 3.79. The van der Waals surface area contributed by atoms with Crippen LogP contribution in [0.25, 0.3) is 0 Å². The van der Waals surface area contributed by atoms with Gasteiger partial charge in [0.05, 0.1) is 25.0 Å². The van der Waals surface area contributed by atoms with Crippen LogP contribution >= 0.6 is 0 Å². The highest BCUT2D eigenvalue weighted by Crippen LogP contribution is 2.41. The highest BCUT2D eigenvalue weighted by atomic mass is 16.5. The summed E-state index contributed by atoms with van der Waals surface area (Å²) in [6.07, 6.45) is 8.09. The van der Waals surface area contributed by atoms with E-state index in [1.807, 2.05) is 6.20 Å². The Hall–Kier alpha value is -1.03. The van der Waals surface area contributed by atoms with Crippen LogP contribution in [0.2, 0.25) is 0 Å². The maximum atomic E-state index is 5.60. The standard InChI is InChI=1S/C17H31N3O/c1-5-9-18-16(14-8-7-13(3)11-14)17-15(21-4)12-19-20(17)10-6-2/h12-14,16,18H,5-11H2,1-4H3. The zero-order valence-corrected chi connectivity index (χ0v) is 14.1. The molecule has 1 saturated carbocycles. The van der Waals surface area contributed by atoms with Crippen molar-refractivity contribution in [2.45, 2.75) is 65.5 Å². The molecule has 3 atom stereocenters. The fourth-order valence-corrected chi connectivity index (χ4v) is 3.58. The summed E-state index contributed by atoms with van der Waals surface area (Å²) >= 11 is 0. The van der Waals surface area contributed by atoms with Gasteiger partial charge in [0.1, 0.15) is 0 Å². The SMILES string of the molecule is CCCNC(c1c(OC)cnn1CCC)C1CCC(C)C1. The van der Waals surface area contributed by atoms with Crippen LogP contribution in [-0.2, 0) is 6.54 Å². The Kier molecular flexibility index (Phi) is 6.09. The summed E-state index contributed by atoms with van der Waals surface area (Å²) in [7, 11) is 1.75. The first-order valence-corrected chi connectivity index (χ1v) is 8.54. The molecule has 1 N–H and O–H groups in total. The molecule has 0 bridgehead atoms. The first kappa shape index (κ1) is 16.3. The van der Waals surface area contributed by atoms with Gasteiger partial charge in [-0.2, -0.15) is 5.10 Å². The molecule has 0 aromatic carbocycles. The van der Waals surface area contributed by atoms with Crippen molar-refractivity contribution in [1.82, 2.24) is 15.1 Å². The zero-order chi connectivity index (χ0) is 15.2. The number of methoxy groups -OCH3 is 1. The molecule has 1 aliphatic carbocycles. The molecule has 3 unspecified atom stereocenters. The summed E-state index contributed by atoms with van der Waals surface area (Å²) in [6.45, 7) is 8.81. The lowest BCUT2D eigenvalue weighted by atomic mass is 9.93. The number of aromatic nitrogens is 2. The average molecular weight is 293 g/mol. The molecule has 4 nitrogen and oxygen atoms in total. The topological polar surface area (TPSA) is 39.1 Å².